The van der Waals surface area contributed by atoms with Crippen molar-refractivity contribution in [1.82, 2.24) is 14.7 Å². The Hall–Kier alpha value is -2.37. The number of likely N-dealkylation sites (N-methyl/N-ethyl adjacent to an activating group) is 1. The van der Waals surface area contributed by atoms with Crippen LogP contribution in [0.3, 0.4) is 0 Å². The predicted molar refractivity (Wildman–Crippen MR) is 80.2 cm³/mol. The first-order valence-corrected chi connectivity index (χ1v) is 7.46. The first-order valence-electron chi connectivity index (χ1n) is 7.46. The molecule has 0 spiro atoms. The molecule has 0 radical (unpaired) electrons. The number of likely N-dealkylation sites (tertiary alicyclic amines) is 1. The molecule has 116 valence electrons. The molecule has 22 heavy (non-hydrogen) atoms. The molecule has 2 aliphatic rings. The molecule has 1 aromatic rings. The Bertz CT molecular complexity index is 602. The Labute approximate surface area is 129 Å². The molecule has 0 saturated carbocycles. The number of carbonyl (C=O) groups is 3. The lowest BCUT2D eigenvalue weighted by molar-refractivity contribution is -0.125. The molecule has 0 unspecified atom stereocenters. The molecule has 6 heteroatoms. The van der Waals surface area contributed by atoms with E-state index in [4.69, 9.17) is 0 Å². The zero-order valence-corrected chi connectivity index (χ0v) is 12.6. The quantitative estimate of drug-likeness (QED) is 0.784. The van der Waals surface area contributed by atoms with Crippen molar-refractivity contribution in [2.45, 2.75) is 6.42 Å². The lowest BCUT2D eigenvalue weighted by Crippen LogP contribution is -2.37. The minimum absolute atomic E-state index is 0.0132. The summed E-state index contributed by atoms with van der Waals surface area (Å²) in [6.07, 6.45) is 0.819. The molecule has 1 aromatic carbocycles. The Morgan fingerprint density at radius 3 is 2.59 bits per heavy atom. The van der Waals surface area contributed by atoms with Crippen LogP contribution in [0.25, 0.3) is 0 Å². The average molecular weight is 301 g/mol. The lowest BCUT2D eigenvalue weighted by atomic mass is 10.1. The van der Waals surface area contributed by atoms with Crippen LogP contribution in [0.1, 0.15) is 16.8 Å². The summed E-state index contributed by atoms with van der Waals surface area (Å²) in [5.74, 6) is 0.0201. The highest BCUT2D eigenvalue weighted by Gasteiger charge is 2.37. The topological polar surface area (TPSA) is 60.9 Å². The summed E-state index contributed by atoms with van der Waals surface area (Å²) in [7, 11) is 1.63. The highest BCUT2D eigenvalue weighted by atomic mass is 16.2. The summed E-state index contributed by atoms with van der Waals surface area (Å²) in [5.41, 5.74) is 0.677. The van der Waals surface area contributed by atoms with Gasteiger partial charge in [-0.15, -0.1) is 0 Å². The van der Waals surface area contributed by atoms with Crippen molar-refractivity contribution in [2.75, 3.05) is 33.2 Å². The third kappa shape index (κ3) is 2.68. The number of amides is 4. The molecule has 3 rings (SSSR count). The third-order valence-electron chi connectivity index (χ3n) is 4.27. The van der Waals surface area contributed by atoms with Gasteiger partial charge in [0.2, 0.25) is 5.91 Å². The molecule has 2 fully saturated rings. The monoisotopic (exact) mass is 301 g/mol. The van der Waals surface area contributed by atoms with Crippen LogP contribution in [0.4, 0.5) is 4.79 Å². The highest BCUT2D eigenvalue weighted by molar-refractivity contribution is 6.01. The fraction of sp³-hybridized carbons (Fsp3) is 0.438. The van der Waals surface area contributed by atoms with Crippen LogP contribution in [-0.4, -0.2) is 65.8 Å². The van der Waals surface area contributed by atoms with E-state index < -0.39 is 0 Å². The van der Waals surface area contributed by atoms with Crippen molar-refractivity contribution in [3.63, 3.8) is 0 Å². The zero-order valence-electron chi connectivity index (χ0n) is 12.6. The second-order valence-corrected chi connectivity index (χ2v) is 5.91. The number of imide groups is 1. The predicted octanol–water partition coefficient (Wildman–Crippen LogP) is 1.04. The Kier molecular flexibility index (Phi) is 3.83. The summed E-state index contributed by atoms with van der Waals surface area (Å²) in [6, 6.07) is 8.94. The van der Waals surface area contributed by atoms with Crippen LogP contribution >= 0.6 is 0 Å². The van der Waals surface area contributed by atoms with Gasteiger partial charge in [0.25, 0.3) is 5.91 Å². The van der Waals surface area contributed by atoms with E-state index in [0.29, 0.717) is 25.2 Å². The fourth-order valence-corrected chi connectivity index (χ4v) is 3.04. The lowest BCUT2D eigenvalue weighted by Gasteiger charge is -2.20. The van der Waals surface area contributed by atoms with Crippen molar-refractivity contribution in [1.29, 1.82) is 0 Å². The number of benzene rings is 1. The van der Waals surface area contributed by atoms with E-state index in [1.165, 1.54) is 9.80 Å². The van der Waals surface area contributed by atoms with Gasteiger partial charge in [0.05, 0.1) is 0 Å². The molecule has 4 amide bonds. The SMILES string of the molecule is CN1CC(=O)N(C[C@@H]2CCN(C(=O)c3ccccc3)C2)C1=O. The zero-order chi connectivity index (χ0) is 15.7. The molecule has 0 N–H and O–H groups in total. The summed E-state index contributed by atoms with van der Waals surface area (Å²) < 4.78 is 0. The van der Waals surface area contributed by atoms with Crippen LogP contribution in [-0.2, 0) is 4.79 Å². The summed E-state index contributed by atoms with van der Waals surface area (Å²) in [5, 5.41) is 0. The van der Waals surface area contributed by atoms with Crippen molar-refractivity contribution in [2.24, 2.45) is 5.92 Å². The van der Waals surface area contributed by atoms with E-state index in [9.17, 15) is 14.4 Å². The first kappa shape index (κ1) is 14.6. The van der Waals surface area contributed by atoms with E-state index >= 15 is 0 Å². The summed E-state index contributed by atoms with van der Waals surface area (Å²) >= 11 is 0. The van der Waals surface area contributed by atoms with E-state index in [0.717, 1.165) is 6.42 Å². The van der Waals surface area contributed by atoms with Crippen molar-refractivity contribution < 1.29 is 14.4 Å². The van der Waals surface area contributed by atoms with Crippen LogP contribution in [0, 0.1) is 5.92 Å². The van der Waals surface area contributed by atoms with Crippen LogP contribution in [0.2, 0.25) is 0 Å². The van der Waals surface area contributed by atoms with Crippen molar-refractivity contribution >= 4 is 17.8 Å². The van der Waals surface area contributed by atoms with Gasteiger partial charge in [-0.2, -0.15) is 0 Å². The van der Waals surface area contributed by atoms with Crippen LogP contribution in [0.5, 0.6) is 0 Å². The van der Waals surface area contributed by atoms with E-state index in [2.05, 4.69) is 0 Å². The standard InChI is InChI=1S/C16H19N3O3/c1-17-11-14(20)19(16(17)22)10-12-7-8-18(9-12)15(21)13-5-3-2-4-6-13/h2-6,12H,7-11H2,1H3/t12-/m1/s1. The second kappa shape index (κ2) is 5.79. The molecule has 2 heterocycles. The summed E-state index contributed by atoms with van der Waals surface area (Å²) in [6.45, 7) is 1.82. The number of hydrogen-bond acceptors (Lipinski definition) is 3. The third-order valence-corrected chi connectivity index (χ3v) is 4.27. The van der Waals surface area contributed by atoms with Crippen LogP contribution in [0.15, 0.2) is 30.3 Å². The van der Waals surface area contributed by atoms with Gasteiger partial charge in [-0.05, 0) is 24.5 Å². The Morgan fingerprint density at radius 1 is 1.23 bits per heavy atom. The number of hydrogen-bond donors (Lipinski definition) is 0. The van der Waals surface area contributed by atoms with Gasteiger partial charge in [0, 0.05) is 32.2 Å². The summed E-state index contributed by atoms with van der Waals surface area (Å²) in [4.78, 5) is 40.6. The molecule has 2 saturated heterocycles. The van der Waals surface area contributed by atoms with E-state index in [1.807, 2.05) is 18.2 Å². The average Bonchev–Trinajstić information content (AvgIpc) is 3.08. The molecule has 0 aliphatic carbocycles. The van der Waals surface area contributed by atoms with Gasteiger partial charge < -0.3 is 9.80 Å². The number of carbonyl (C=O) groups excluding carboxylic acids is 3. The molecular formula is C16H19N3O3. The first-order chi connectivity index (χ1) is 10.6. The molecule has 0 bridgehead atoms. The van der Waals surface area contributed by atoms with E-state index in [-0.39, 0.29) is 30.3 Å². The van der Waals surface area contributed by atoms with Gasteiger partial charge in [0.1, 0.15) is 6.54 Å². The minimum Gasteiger partial charge on any atom is -0.338 e. The minimum atomic E-state index is -0.238. The molecule has 0 aromatic heterocycles. The second-order valence-electron chi connectivity index (χ2n) is 5.91. The number of urea groups is 1. The smallest absolute Gasteiger partial charge is 0.326 e. The van der Waals surface area contributed by atoms with Crippen molar-refractivity contribution in [3.05, 3.63) is 35.9 Å². The maximum atomic E-state index is 12.4. The molecule has 2 aliphatic heterocycles. The largest absolute Gasteiger partial charge is 0.338 e. The normalized spacial score (nSPS) is 21.9. The van der Waals surface area contributed by atoms with Gasteiger partial charge in [-0.1, -0.05) is 18.2 Å². The number of rotatable bonds is 3. The Morgan fingerprint density at radius 2 is 1.95 bits per heavy atom. The Balaban J connectivity index is 1.60. The molecular weight excluding hydrogens is 282 g/mol. The van der Waals surface area contributed by atoms with E-state index in [1.54, 1.807) is 24.1 Å². The van der Waals surface area contributed by atoms with Gasteiger partial charge in [0.15, 0.2) is 0 Å². The van der Waals surface area contributed by atoms with Crippen LogP contribution < -0.4 is 0 Å². The number of nitrogens with zero attached hydrogens (tertiary/aromatic N) is 3. The maximum Gasteiger partial charge on any atom is 0.326 e. The maximum absolute atomic E-state index is 12.4. The van der Waals surface area contributed by atoms with Gasteiger partial charge in [-0.25, -0.2) is 4.79 Å². The molecule has 6 nitrogen and oxygen atoms in total. The highest BCUT2D eigenvalue weighted by Crippen LogP contribution is 2.21. The van der Waals surface area contributed by atoms with Gasteiger partial charge in [-0.3, -0.25) is 14.5 Å². The van der Waals surface area contributed by atoms with Crippen molar-refractivity contribution in [3.8, 4) is 0 Å². The fourth-order valence-electron chi connectivity index (χ4n) is 3.04. The van der Waals surface area contributed by atoms with Gasteiger partial charge >= 0.3 is 6.03 Å². The molecule has 1 atom stereocenters.